The monoisotopic (exact) mass is 201 g/mol. The molecule has 2 N–H and O–H groups in total. The largest absolute Gasteiger partial charge is 0.392 e. The Morgan fingerprint density at radius 2 is 1.50 bits per heavy atom. The van der Waals surface area contributed by atoms with Crippen LogP contribution in [0.2, 0.25) is 0 Å². The molecular formula is C11H23NO2. The highest BCUT2D eigenvalue weighted by Gasteiger charge is 2.31. The van der Waals surface area contributed by atoms with Crippen LogP contribution in [0.25, 0.3) is 0 Å². The third kappa shape index (κ3) is 2.69. The fourth-order valence-electron chi connectivity index (χ4n) is 2.64. The van der Waals surface area contributed by atoms with Gasteiger partial charge in [0.25, 0.3) is 0 Å². The lowest BCUT2D eigenvalue weighted by Crippen LogP contribution is -2.50. The third-order valence-corrected chi connectivity index (χ3v) is 3.36. The smallest absolute Gasteiger partial charge is 0.0692 e. The summed E-state index contributed by atoms with van der Waals surface area (Å²) >= 11 is 0. The number of aliphatic hydroxyl groups is 2. The normalized spacial score (nSPS) is 25.3. The summed E-state index contributed by atoms with van der Waals surface area (Å²) in [6.07, 6.45) is 4.02. The predicted molar refractivity (Wildman–Crippen MR) is 57.2 cm³/mol. The molecule has 0 aliphatic heterocycles. The van der Waals surface area contributed by atoms with E-state index in [4.69, 9.17) is 0 Å². The van der Waals surface area contributed by atoms with E-state index in [1.807, 2.05) is 7.05 Å². The quantitative estimate of drug-likeness (QED) is 0.713. The molecule has 0 heterocycles. The van der Waals surface area contributed by atoms with Gasteiger partial charge in [0.05, 0.1) is 18.2 Å². The van der Waals surface area contributed by atoms with Crippen molar-refractivity contribution < 1.29 is 10.2 Å². The highest BCUT2D eigenvalue weighted by molar-refractivity contribution is 4.85. The number of hydrogen-bond donors (Lipinski definition) is 2. The fraction of sp³-hybridized carbons (Fsp3) is 1.00. The maximum Gasteiger partial charge on any atom is 0.0692 e. The van der Waals surface area contributed by atoms with E-state index in [0.29, 0.717) is 6.04 Å². The first-order valence-electron chi connectivity index (χ1n) is 5.62. The lowest BCUT2D eigenvalue weighted by Gasteiger charge is -2.36. The van der Waals surface area contributed by atoms with E-state index in [1.165, 1.54) is 25.7 Å². The van der Waals surface area contributed by atoms with Crippen LogP contribution in [-0.4, -0.2) is 46.5 Å². The van der Waals surface area contributed by atoms with Crippen LogP contribution in [0.4, 0.5) is 0 Å². The Balaban J connectivity index is 2.57. The van der Waals surface area contributed by atoms with Gasteiger partial charge in [0.1, 0.15) is 0 Å². The number of likely N-dealkylation sites (N-methyl/N-ethyl adjacent to an activating group) is 1. The molecule has 0 aromatic rings. The minimum Gasteiger partial charge on any atom is -0.392 e. The number of rotatable bonds is 4. The van der Waals surface area contributed by atoms with Crippen molar-refractivity contribution in [3.63, 3.8) is 0 Å². The van der Waals surface area contributed by atoms with Crippen LogP contribution in [0.15, 0.2) is 0 Å². The molecule has 1 rings (SSSR count). The van der Waals surface area contributed by atoms with E-state index >= 15 is 0 Å². The van der Waals surface area contributed by atoms with E-state index in [2.05, 4.69) is 4.90 Å². The minimum absolute atomic E-state index is 0.127. The zero-order valence-electron chi connectivity index (χ0n) is 9.48. The molecule has 1 saturated carbocycles. The van der Waals surface area contributed by atoms with Crippen molar-refractivity contribution in [2.45, 2.75) is 63.8 Å². The lowest BCUT2D eigenvalue weighted by molar-refractivity contribution is -0.0188. The summed E-state index contributed by atoms with van der Waals surface area (Å²) in [4.78, 5) is 2.16. The summed E-state index contributed by atoms with van der Waals surface area (Å²) < 4.78 is 0. The Hall–Kier alpha value is -0.120. The lowest BCUT2D eigenvalue weighted by atomic mass is 10.0. The molecule has 3 nitrogen and oxygen atoms in total. The molecule has 1 fully saturated rings. The van der Waals surface area contributed by atoms with Gasteiger partial charge >= 0.3 is 0 Å². The van der Waals surface area contributed by atoms with Crippen molar-refractivity contribution >= 4 is 0 Å². The first-order chi connectivity index (χ1) is 6.54. The molecule has 0 bridgehead atoms. The van der Waals surface area contributed by atoms with Crippen LogP contribution in [0.5, 0.6) is 0 Å². The van der Waals surface area contributed by atoms with Gasteiger partial charge in [0.15, 0.2) is 0 Å². The molecule has 14 heavy (non-hydrogen) atoms. The van der Waals surface area contributed by atoms with E-state index < -0.39 is 12.2 Å². The Morgan fingerprint density at radius 3 is 1.86 bits per heavy atom. The Kier molecular flexibility index (Phi) is 4.35. The van der Waals surface area contributed by atoms with E-state index in [1.54, 1.807) is 13.8 Å². The van der Waals surface area contributed by atoms with Gasteiger partial charge in [0, 0.05) is 6.04 Å². The Labute approximate surface area is 86.7 Å². The molecular weight excluding hydrogens is 178 g/mol. The van der Waals surface area contributed by atoms with Crippen molar-refractivity contribution in [3.8, 4) is 0 Å². The van der Waals surface area contributed by atoms with Crippen LogP contribution in [0.1, 0.15) is 39.5 Å². The van der Waals surface area contributed by atoms with Gasteiger partial charge in [-0.05, 0) is 33.7 Å². The van der Waals surface area contributed by atoms with Crippen LogP contribution in [0, 0.1) is 0 Å². The highest BCUT2D eigenvalue weighted by Crippen LogP contribution is 2.25. The van der Waals surface area contributed by atoms with Crippen LogP contribution < -0.4 is 0 Å². The van der Waals surface area contributed by atoms with Gasteiger partial charge < -0.3 is 10.2 Å². The molecule has 0 saturated heterocycles. The Morgan fingerprint density at radius 1 is 1.07 bits per heavy atom. The third-order valence-electron chi connectivity index (χ3n) is 3.36. The standard InChI is InChI=1S/C11H23NO2/c1-8(13)11(9(2)14)12(3)10-6-4-5-7-10/h8-11,13-14H,4-7H2,1-3H3. The average molecular weight is 201 g/mol. The van der Waals surface area contributed by atoms with E-state index in [9.17, 15) is 10.2 Å². The van der Waals surface area contributed by atoms with Crippen LogP contribution in [-0.2, 0) is 0 Å². The molecule has 0 aromatic carbocycles. The zero-order chi connectivity index (χ0) is 10.7. The molecule has 1 aliphatic carbocycles. The van der Waals surface area contributed by atoms with Crippen LogP contribution >= 0.6 is 0 Å². The van der Waals surface area contributed by atoms with E-state index in [0.717, 1.165) is 0 Å². The first kappa shape index (κ1) is 12.0. The molecule has 1 aliphatic rings. The summed E-state index contributed by atoms with van der Waals surface area (Å²) in [6, 6.07) is 0.419. The number of hydrogen-bond acceptors (Lipinski definition) is 3. The molecule has 0 amide bonds. The number of aliphatic hydroxyl groups excluding tert-OH is 2. The van der Waals surface area contributed by atoms with Gasteiger partial charge in [-0.25, -0.2) is 0 Å². The van der Waals surface area contributed by atoms with Crippen molar-refractivity contribution in [2.75, 3.05) is 7.05 Å². The molecule has 0 radical (unpaired) electrons. The maximum atomic E-state index is 9.61. The second-order valence-corrected chi connectivity index (χ2v) is 4.58. The number of nitrogens with zero attached hydrogens (tertiary/aromatic N) is 1. The minimum atomic E-state index is -0.472. The van der Waals surface area contributed by atoms with E-state index in [-0.39, 0.29) is 6.04 Å². The first-order valence-corrected chi connectivity index (χ1v) is 5.62. The van der Waals surface area contributed by atoms with Crippen molar-refractivity contribution in [1.29, 1.82) is 0 Å². The van der Waals surface area contributed by atoms with Gasteiger partial charge in [-0.1, -0.05) is 12.8 Å². The summed E-state index contributed by atoms with van der Waals surface area (Å²) in [7, 11) is 2.01. The summed E-state index contributed by atoms with van der Waals surface area (Å²) in [6.45, 7) is 3.51. The summed E-state index contributed by atoms with van der Waals surface area (Å²) in [5.74, 6) is 0. The molecule has 84 valence electrons. The van der Waals surface area contributed by atoms with Crippen molar-refractivity contribution in [2.24, 2.45) is 0 Å². The molecule has 3 heteroatoms. The van der Waals surface area contributed by atoms with Crippen molar-refractivity contribution in [3.05, 3.63) is 0 Å². The summed E-state index contributed by atoms with van der Waals surface area (Å²) in [5.41, 5.74) is 0. The zero-order valence-corrected chi connectivity index (χ0v) is 9.48. The summed E-state index contributed by atoms with van der Waals surface area (Å²) in [5, 5.41) is 19.2. The fourth-order valence-corrected chi connectivity index (χ4v) is 2.64. The predicted octanol–water partition coefficient (Wildman–Crippen LogP) is 0.991. The molecule has 0 spiro atoms. The molecule has 2 atom stereocenters. The second-order valence-electron chi connectivity index (χ2n) is 4.58. The SMILES string of the molecule is CC(O)C(C(C)O)N(C)C1CCCC1. The highest BCUT2D eigenvalue weighted by atomic mass is 16.3. The molecule has 2 unspecified atom stereocenters. The maximum absolute atomic E-state index is 9.61. The van der Waals surface area contributed by atoms with Gasteiger partial charge in [-0.15, -0.1) is 0 Å². The Bertz CT molecular complexity index is 157. The average Bonchev–Trinajstić information content (AvgIpc) is 2.53. The van der Waals surface area contributed by atoms with Gasteiger partial charge in [0.2, 0.25) is 0 Å². The van der Waals surface area contributed by atoms with Gasteiger partial charge in [-0.3, -0.25) is 4.90 Å². The van der Waals surface area contributed by atoms with Crippen molar-refractivity contribution in [1.82, 2.24) is 4.90 Å². The van der Waals surface area contributed by atoms with Gasteiger partial charge in [-0.2, -0.15) is 0 Å². The topological polar surface area (TPSA) is 43.7 Å². The molecule has 0 aromatic heterocycles. The second kappa shape index (κ2) is 5.10. The van der Waals surface area contributed by atoms with Crippen LogP contribution in [0.3, 0.4) is 0 Å².